The summed E-state index contributed by atoms with van der Waals surface area (Å²) in [4.78, 5) is 61.9. The summed E-state index contributed by atoms with van der Waals surface area (Å²) in [6.45, 7) is 4.89. The number of carbonyl (C=O) groups excluding carboxylic acids is 2. The molecule has 0 atom stereocenters. The molecule has 0 aliphatic carbocycles. The van der Waals surface area contributed by atoms with Crippen molar-refractivity contribution in [2.45, 2.75) is 76.4 Å². The van der Waals surface area contributed by atoms with E-state index in [-0.39, 0.29) is 31.3 Å². The largest absolute Gasteiger partial charge is 0.465 e. The average molecular weight is 738 g/mol. The van der Waals surface area contributed by atoms with Crippen molar-refractivity contribution in [3.63, 3.8) is 0 Å². The van der Waals surface area contributed by atoms with Gasteiger partial charge in [0, 0.05) is 60.7 Å². The number of hydrogen-bond acceptors (Lipinski definition) is 8. The number of unbranched alkanes of at least 4 members (excludes halogenated alkanes) is 4. The van der Waals surface area contributed by atoms with E-state index in [4.69, 9.17) is 4.74 Å². The van der Waals surface area contributed by atoms with E-state index in [1.807, 2.05) is 47.4 Å². The van der Waals surface area contributed by atoms with Gasteiger partial charge in [0.15, 0.2) is 5.16 Å². The molecular weight excluding hydrogens is 694 g/mol. The van der Waals surface area contributed by atoms with Crippen molar-refractivity contribution < 1.29 is 18.7 Å². The molecule has 0 bridgehead atoms. The first-order valence-corrected chi connectivity index (χ1v) is 18.9. The Labute approximate surface area is 312 Å². The summed E-state index contributed by atoms with van der Waals surface area (Å²) in [6, 6.07) is 23.3. The molecule has 0 aliphatic rings. The van der Waals surface area contributed by atoms with Crippen LogP contribution in [0.4, 0.5) is 4.39 Å². The molecule has 5 aromatic rings. The van der Waals surface area contributed by atoms with Gasteiger partial charge >= 0.3 is 11.7 Å². The fraction of sp³-hybridized carbons (Fsp3) is 0.317. The molecule has 5 rings (SSSR count). The van der Waals surface area contributed by atoms with E-state index in [2.05, 4.69) is 16.9 Å². The van der Waals surface area contributed by atoms with Crippen molar-refractivity contribution in [1.29, 1.82) is 0 Å². The molecule has 53 heavy (non-hydrogen) atoms. The lowest BCUT2D eigenvalue weighted by Crippen LogP contribution is -2.31. The Kier molecular flexibility index (Phi) is 14.3. The van der Waals surface area contributed by atoms with Crippen LogP contribution in [-0.4, -0.2) is 49.0 Å². The van der Waals surface area contributed by atoms with Gasteiger partial charge in [-0.15, -0.1) is 0 Å². The minimum Gasteiger partial charge on any atom is -0.465 e. The highest BCUT2D eigenvalue weighted by molar-refractivity contribution is 7.98. The quantitative estimate of drug-likeness (QED) is 0.0409. The molecule has 0 saturated carbocycles. The fourth-order valence-electron chi connectivity index (χ4n) is 5.80. The third-order valence-electron chi connectivity index (χ3n) is 8.58. The van der Waals surface area contributed by atoms with E-state index in [0.29, 0.717) is 46.4 Å². The van der Waals surface area contributed by atoms with E-state index in [1.54, 1.807) is 42.0 Å². The van der Waals surface area contributed by atoms with E-state index in [9.17, 15) is 23.6 Å². The molecule has 0 spiro atoms. The maximum atomic E-state index is 13.9. The van der Waals surface area contributed by atoms with Crippen LogP contribution in [0.5, 0.6) is 0 Å². The summed E-state index contributed by atoms with van der Waals surface area (Å²) in [5, 5.41) is 0.408. The van der Waals surface area contributed by atoms with Crippen molar-refractivity contribution >= 4 is 23.6 Å². The molecule has 12 heteroatoms. The van der Waals surface area contributed by atoms with Crippen molar-refractivity contribution in [3.05, 3.63) is 152 Å². The third kappa shape index (κ3) is 11.3. The summed E-state index contributed by atoms with van der Waals surface area (Å²) in [5.41, 5.74) is 2.92. The lowest BCUT2D eigenvalue weighted by Gasteiger charge is -2.23. The molecule has 3 aromatic carbocycles. The normalized spacial score (nSPS) is 11.0. The minimum atomic E-state index is -0.613. The molecule has 0 fully saturated rings. The zero-order valence-corrected chi connectivity index (χ0v) is 30.9. The number of amides is 1. The molecule has 0 radical (unpaired) electrons. The standard InChI is InChI=1S/C41H44FN5O5S/c1-3-5-6-7-11-22-45(25-30-12-9-8-10-13-30)39(50)33-16-20-36(21-17-33)47-27-34(23-32-24-43-40(51)46(26-32)28-37(48)52-4-2)38(49)44-41(47)53-29-31-14-18-35(42)19-15-31/h8-10,12-21,24,26-27H,3-7,11,22-23,25,28-29H2,1-2H3. The first kappa shape index (κ1) is 38.9. The Balaban J connectivity index is 1.44. The van der Waals surface area contributed by atoms with Crippen LogP contribution in [0.3, 0.4) is 0 Å². The molecule has 10 nitrogen and oxygen atoms in total. The van der Waals surface area contributed by atoms with Crippen LogP contribution in [-0.2, 0) is 34.8 Å². The van der Waals surface area contributed by atoms with Gasteiger partial charge in [-0.05, 0) is 66.4 Å². The van der Waals surface area contributed by atoms with Gasteiger partial charge in [-0.3, -0.25) is 23.5 Å². The summed E-state index contributed by atoms with van der Waals surface area (Å²) < 4.78 is 21.5. The number of nitrogens with zero attached hydrogens (tertiary/aromatic N) is 5. The maximum Gasteiger partial charge on any atom is 0.348 e. The number of rotatable bonds is 18. The minimum absolute atomic E-state index is 0.0639. The maximum absolute atomic E-state index is 13.9. The van der Waals surface area contributed by atoms with Gasteiger partial charge in [0.2, 0.25) is 0 Å². The van der Waals surface area contributed by atoms with Crippen LogP contribution < -0.4 is 11.2 Å². The van der Waals surface area contributed by atoms with Crippen molar-refractivity contribution in [1.82, 2.24) is 24.0 Å². The molecule has 0 aliphatic heterocycles. The molecule has 0 N–H and O–H groups in total. The number of thioether (sulfide) groups is 1. The van der Waals surface area contributed by atoms with Crippen LogP contribution in [0.2, 0.25) is 0 Å². The Morgan fingerprint density at radius 3 is 2.30 bits per heavy atom. The van der Waals surface area contributed by atoms with Crippen LogP contribution >= 0.6 is 11.8 Å². The molecule has 0 saturated heterocycles. The zero-order chi connectivity index (χ0) is 37.6. The summed E-state index contributed by atoms with van der Waals surface area (Å²) in [6.07, 6.45) is 10.1. The van der Waals surface area contributed by atoms with Crippen LogP contribution in [0.1, 0.15) is 78.6 Å². The molecular formula is C41H44FN5O5S. The molecule has 2 aromatic heterocycles. The summed E-state index contributed by atoms with van der Waals surface area (Å²) >= 11 is 1.32. The van der Waals surface area contributed by atoms with Gasteiger partial charge < -0.3 is 9.64 Å². The SMILES string of the molecule is CCCCCCCN(Cc1ccccc1)C(=O)c1ccc(-n2cc(Cc3cnc(=O)n(CC(=O)OCC)c3)c(=O)nc2SCc2ccc(F)cc2)cc1. The van der Waals surface area contributed by atoms with Crippen LogP contribution in [0.25, 0.3) is 5.69 Å². The number of halogens is 1. The zero-order valence-electron chi connectivity index (χ0n) is 30.1. The number of ether oxygens (including phenoxy) is 1. The third-order valence-corrected chi connectivity index (χ3v) is 9.60. The lowest BCUT2D eigenvalue weighted by molar-refractivity contribution is -0.143. The van der Waals surface area contributed by atoms with Crippen LogP contribution in [0.15, 0.2) is 112 Å². The molecule has 276 valence electrons. The second-order valence-electron chi connectivity index (χ2n) is 12.7. The fourth-order valence-corrected chi connectivity index (χ4v) is 6.73. The summed E-state index contributed by atoms with van der Waals surface area (Å²) in [5.74, 6) is -0.546. The van der Waals surface area contributed by atoms with Gasteiger partial charge in [0.1, 0.15) is 12.4 Å². The van der Waals surface area contributed by atoms with Crippen molar-refractivity contribution in [2.75, 3.05) is 13.2 Å². The number of esters is 1. The Morgan fingerprint density at radius 1 is 0.849 bits per heavy atom. The number of carbonyl (C=O) groups is 2. The van der Waals surface area contributed by atoms with Gasteiger partial charge in [-0.1, -0.05) is 86.8 Å². The predicted molar refractivity (Wildman–Crippen MR) is 204 cm³/mol. The summed E-state index contributed by atoms with van der Waals surface area (Å²) in [7, 11) is 0. The Bertz CT molecular complexity index is 2090. The second-order valence-corrected chi connectivity index (χ2v) is 13.6. The first-order valence-electron chi connectivity index (χ1n) is 17.9. The molecule has 0 unspecified atom stereocenters. The average Bonchev–Trinajstić information content (AvgIpc) is 3.16. The Morgan fingerprint density at radius 2 is 1.58 bits per heavy atom. The predicted octanol–water partition coefficient (Wildman–Crippen LogP) is 6.99. The van der Waals surface area contributed by atoms with Crippen molar-refractivity contribution in [2.24, 2.45) is 0 Å². The molecule has 2 heterocycles. The highest BCUT2D eigenvalue weighted by Gasteiger charge is 2.18. The van der Waals surface area contributed by atoms with E-state index in [0.717, 1.165) is 41.4 Å². The monoisotopic (exact) mass is 737 g/mol. The number of hydrogen-bond donors (Lipinski definition) is 0. The van der Waals surface area contributed by atoms with Crippen LogP contribution in [0, 0.1) is 5.82 Å². The Hall–Kier alpha value is -5.36. The number of benzene rings is 3. The molecule has 1 amide bonds. The van der Waals surface area contributed by atoms with Gasteiger partial charge in [0.25, 0.3) is 11.5 Å². The first-order chi connectivity index (χ1) is 25.7. The topological polar surface area (TPSA) is 116 Å². The van der Waals surface area contributed by atoms with E-state index in [1.165, 1.54) is 42.7 Å². The highest BCUT2D eigenvalue weighted by Crippen LogP contribution is 2.25. The van der Waals surface area contributed by atoms with E-state index >= 15 is 0 Å². The van der Waals surface area contributed by atoms with Gasteiger partial charge in [0.05, 0.1) is 6.61 Å². The van der Waals surface area contributed by atoms with Gasteiger partial charge in [-0.2, -0.15) is 4.98 Å². The lowest BCUT2D eigenvalue weighted by atomic mass is 10.1. The van der Waals surface area contributed by atoms with Crippen molar-refractivity contribution in [3.8, 4) is 5.69 Å². The smallest absolute Gasteiger partial charge is 0.348 e. The van der Waals surface area contributed by atoms with E-state index < -0.39 is 17.2 Å². The number of aromatic nitrogens is 4. The van der Waals surface area contributed by atoms with Gasteiger partial charge in [-0.25, -0.2) is 14.2 Å². The highest BCUT2D eigenvalue weighted by atomic mass is 32.2. The second kappa shape index (κ2) is 19.5.